The molecule has 25 heavy (non-hydrogen) atoms. The van der Waals surface area contributed by atoms with Gasteiger partial charge < -0.3 is 15.4 Å². The van der Waals surface area contributed by atoms with E-state index in [4.69, 9.17) is 4.74 Å². The van der Waals surface area contributed by atoms with Crippen LogP contribution in [0.25, 0.3) is 0 Å². The molecule has 8 nitrogen and oxygen atoms in total. The Labute approximate surface area is 148 Å². The van der Waals surface area contributed by atoms with Crippen molar-refractivity contribution in [1.29, 1.82) is 0 Å². The first kappa shape index (κ1) is 20.8. The highest BCUT2D eigenvalue weighted by Gasteiger charge is 2.21. The molecular formula is C16H25N3O5S. The van der Waals surface area contributed by atoms with Gasteiger partial charge in [0.2, 0.25) is 15.9 Å². The third kappa shape index (κ3) is 7.88. The topological polar surface area (TPSA) is 114 Å². The number of carbonyl (C=O) groups excluding carboxylic acids is 2. The molecule has 2 amide bonds. The number of rotatable bonds is 5. The molecule has 0 fully saturated rings. The van der Waals surface area contributed by atoms with E-state index in [0.717, 1.165) is 6.26 Å². The van der Waals surface area contributed by atoms with Gasteiger partial charge in [-0.25, -0.2) is 13.2 Å². The van der Waals surface area contributed by atoms with Gasteiger partial charge in [0.25, 0.3) is 0 Å². The van der Waals surface area contributed by atoms with E-state index in [1.165, 1.54) is 13.0 Å². The van der Waals surface area contributed by atoms with Gasteiger partial charge in [0, 0.05) is 5.69 Å². The van der Waals surface area contributed by atoms with Crippen LogP contribution in [0.1, 0.15) is 33.3 Å². The normalized spacial score (nSPS) is 12.9. The highest BCUT2D eigenvalue weighted by Crippen LogP contribution is 2.21. The van der Waals surface area contributed by atoms with Crippen LogP contribution in [-0.4, -0.2) is 38.3 Å². The summed E-state index contributed by atoms with van der Waals surface area (Å²) in [6.07, 6.45) is 0.350. The first-order valence-corrected chi connectivity index (χ1v) is 9.55. The Hall–Kier alpha value is -2.29. The quantitative estimate of drug-likeness (QED) is 0.734. The van der Waals surface area contributed by atoms with E-state index in [9.17, 15) is 18.0 Å². The van der Waals surface area contributed by atoms with Crippen molar-refractivity contribution in [2.75, 3.05) is 16.3 Å². The van der Waals surface area contributed by atoms with Crippen LogP contribution in [-0.2, 0) is 19.6 Å². The molecule has 0 saturated carbocycles. The zero-order valence-corrected chi connectivity index (χ0v) is 16.1. The molecule has 0 saturated heterocycles. The van der Waals surface area contributed by atoms with E-state index in [1.54, 1.807) is 39.8 Å². The molecule has 140 valence electrons. The summed E-state index contributed by atoms with van der Waals surface area (Å²) in [6, 6.07) is 3.99. The fourth-order valence-electron chi connectivity index (χ4n) is 1.81. The third-order valence-corrected chi connectivity index (χ3v) is 3.52. The summed E-state index contributed by atoms with van der Waals surface area (Å²) in [6.45, 7) is 8.43. The summed E-state index contributed by atoms with van der Waals surface area (Å²) in [7, 11) is -3.43. The van der Waals surface area contributed by atoms with E-state index in [1.807, 2.05) is 0 Å². The van der Waals surface area contributed by atoms with Crippen molar-refractivity contribution in [3.8, 4) is 0 Å². The molecule has 0 bridgehead atoms. The average molecular weight is 371 g/mol. The number of hydrogen-bond donors (Lipinski definition) is 3. The van der Waals surface area contributed by atoms with Crippen molar-refractivity contribution >= 4 is 33.4 Å². The number of aryl methyl sites for hydroxylation is 1. The largest absolute Gasteiger partial charge is 0.444 e. The van der Waals surface area contributed by atoms with Crippen LogP contribution in [0.15, 0.2) is 18.2 Å². The highest BCUT2D eigenvalue weighted by atomic mass is 32.2. The Morgan fingerprint density at radius 3 is 2.32 bits per heavy atom. The van der Waals surface area contributed by atoms with Crippen LogP contribution in [0.3, 0.4) is 0 Å². The molecule has 1 aromatic carbocycles. The number of nitrogens with one attached hydrogen (secondary N) is 3. The van der Waals surface area contributed by atoms with Gasteiger partial charge in [0.15, 0.2) is 0 Å². The number of anilines is 2. The maximum absolute atomic E-state index is 12.2. The van der Waals surface area contributed by atoms with E-state index in [0.29, 0.717) is 16.9 Å². The molecule has 0 aliphatic carbocycles. The monoisotopic (exact) mass is 371 g/mol. The van der Waals surface area contributed by atoms with Crippen LogP contribution in [0.4, 0.5) is 16.2 Å². The van der Waals surface area contributed by atoms with Gasteiger partial charge in [-0.15, -0.1) is 0 Å². The number of alkyl carbamates (subject to hydrolysis) is 1. The molecule has 3 N–H and O–H groups in total. The van der Waals surface area contributed by atoms with Crippen molar-refractivity contribution in [3.63, 3.8) is 0 Å². The number of carbonyl (C=O) groups is 2. The first-order chi connectivity index (χ1) is 11.3. The van der Waals surface area contributed by atoms with Gasteiger partial charge >= 0.3 is 6.09 Å². The molecule has 0 radical (unpaired) electrons. The average Bonchev–Trinajstić information content (AvgIpc) is 2.38. The predicted octanol–water partition coefficient (Wildman–Crippen LogP) is 2.22. The van der Waals surface area contributed by atoms with Crippen LogP contribution in [0.5, 0.6) is 0 Å². The fourth-order valence-corrected chi connectivity index (χ4v) is 2.43. The maximum atomic E-state index is 12.2. The summed E-state index contributed by atoms with van der Waals surface area (Å²) in [4.78, 5) is 23.9. The van der Waals surface area contributed by atoms with E-state index in [2.05, 4.69) is 15.4 Å². The molecule has 9 heteroatoms. The first-order valence-electron chi connectivity index (χ1n) is 7.65. The van der Waals surface area contributed by atoms with Crippen molar-refractivity contribution < 1.29 is 22.7 Å². The summed E-state index contributed by atoms with van der Waals surface area (Å²) in [5.74, 6) is -0.458. The second-order valence-electron chi connectivity index (χ2n) is 6.76. The van der Waals surface area contributed by atoms with Gasteiger partial charge in [0.1, 0.15) is 11.6 Å². The molecular weight excluding hydrogens is 346 g/mol. The van der Waals surface area contributed by atoms with Gasteiger partial charge in [-0.3, -0.25) is 9.52 Å². The SMILES string of the molecule is Cc1ccc(NC(=O)[C@@H](C)NC(=O)OC(C)(C)C)cc1NS(C)(=O)=O. The molecule has 0 spiro atoms. The Balaban J connectivity index is 2.76. The Morgan fingerprint density at radius 1 is 1.20 bits per heavy atom. The molecule has 0 unspecified atom stereocenters. The Kier molecular flexibility index (Phi) is 6.42. The Morgan fingerprint density at radius 2 is 1.80 bits per heavy atom. The lowest BCUT2D eigenvalue weighted by atomic mass is 10.2. The summed E-state index contributed by atoms with van der Waals surface area (Å²) < 4.78 is 30.2. The van der Waals surface area contributed by atoms with Crippen LogP contribution in [0, 0.1) is 6.92 Å². The smallest absolute Gasteiger partial charge is 0.408 e. The fraction of sp³-hybridized carbons (Fsp3) is 0.500. The Bertz CT molecular complexity index is 754. The molecule has 0 heterocycles. The van der Waals surface area contributed by atoms with Crippen molar-refractivity contribution in [3.05, 3.63) is 23.8 Å². The summed E-state index contributed by atoms with van der Waals surface area (Å²) >= 11 is 0. The summed E-state index contributed by atoms with van der Waals surface area (Å²) in [5.41, 5.74) is 0.819. The minimum absolute atomic E-state index is 0.369. The molecule has 1 rings (SSSR count). The van der Waals surface area contributed by atoms with Gasteiger partial charge in [-0.2, -0.15) is 0 Å². The molecule has 1 aromatic rings. The number of hydrogen-bond acceptors (Lipinski definition) is 5. The van der Waals surface area contributed by atoms with E-state index >= 15 is 0 Å². The minimum Gasteiger partial charge on any atom is -0.444 e. The lowest BCUT2D eigenvalue weighted by molar-refractivity contribution is -0.117. The lowest BCUT2D eigenvalue weighted by Crippen LogP contribution is -2.43. The second kappa shape index (κ2) is 7.73. The molecule has 1 atom stereocenters. The summed E-state index contributed by atoms with van der Waals surface area (Å²) in [5, 5.41) is 5.06. The molecule has 0 aliphatic rings. The van der Waals surface area contributed by atoms with Crippen LogP contribution < -0.4 is 15.4 Å². The third-order valence-electron chi connectivity index (χ3n) is 2.93. The van der Waals surface area contributed by atoms with Crippen molar-refractivity contribution in [1.82, 2.24) is 5.32 Å². The van der Waals surface area contributed by atoms with Crippen molar-refractivity contribution in [2.24, 2.45) is 0 Å². The predicted molar refractivity (Wildman–Crippen MR) is 97.1 cm³/mol. The van der Waals surface area contributed by atoms with Gasteiger partial charge in [0.05, 0.1) is 11.9 Å². The minimum atomic E-state index is -3.43. The molecule has 0 aliphatic heterocycles. The highest BCUT2D eigenvalue weighted by molar-refractivity contribution is 7.92. The number of sulfonamides is 1. The van der Waals surface area contributed by atoms with Crippen LogP contribution >= 0.6 is 0 Å². The van der Waals surface area contributed by atoms with Crippen LogP contribution in [0.2, 0.25) is 0 Å². The zero-order chi connectivity index (χ0) is 19.4. The van der Waals surface area contributed by atoms with Gasteiger partial charge in [-0.1, -0.05) is 6.07 Å². The maximum Gasteiger partial charge on any atom is 0.408 e. The molecule has 0 aromatic heterocycles. The second-order valence-corrected chi connectivity index (χ2v) is 8.51. The van der Waals surface area contributed by atoms with Crippen molar-refractivity contribution in [2.45, 2.75) is 46.3 Å². The lowest BCUT2D eigenvalue weighted by Gasteiger charge is -2.21. The zero-order valence-electron chi connectivity index (χ0n) is 15.3. The number of ether oxygens (including phenoxy) is 1. The standard InChI is InChI=1S/C16H25N3O5S/c1-10-7-8-12(9-13(10)19-25(6,22)23)18-14(20)11(2)17-15(21)24-16(3,4)5/h7-9,11,19H,1-6H3,(H,17,21)(H,18,20)/t11-/m1/s1. The van der Waals surface area contributed by atoms with Gasteiger partial charge in [-0.05, 0) is 52.3 Å². The van der Waals surface area contributed by atoms with E-state index in [-0.39, 0.29) is 0 Å². The number of amides is 2. The van der Waals surface area contributed by atoms with E-state index < -0.39 is 33.7 Å². The number of benzene rings is 1.